The Morgan fingerprint density at radius 1 is 0.808 bits per heavy atom. The van der Waals surface area contributed by atoms with Crippen molar-refractivity contribution in [2.45, 2.75) is 0 Å². The number of ether oxygens (including phenoxy) is 5. The minimum absolute atomic E-state index is 0.358. The molecule has 0 aliphatic heterocycles. The largest absolute Gasteiger partial charge is 0.497 e. The topological polar surface area (TPSA) is 63.2 Å². The van der Waals surface area contributed by atoms with E-state index >= 15 is 0 Å². The summed E-state index contributed by atoms with van der Waals surface area (Å²) >= 11 is 0. The Bertz CT molecular complexity index is 767. The van der Waals surface area contributed by atoms with Gasteiger partial charge < -0.3 is 23.7 Å². The summed E-state index contributed by atoms with van der Waals surface area (Å²) in [6.45, 7) is 0. The molecule has 0 spiro atoms. The first-order valence-corrected chi connectivity index (χ1v) is 7.82. The molecule has 0 amide bonds. The van der Waals surface area contributed by atoms with Gasteiger partial charge >= 0.3 is 5.97 Å². The van der Waals surface area contributed by atoms with Crippen LogP contribution in [0.1, 0.15) is 11.1 Å². The van der Waals surface area contributed by atoms with Gasteiger partial charge in [-0.2, -0.15) is 0 Å². The molecule has 2 aromatic carbocycles. The van der Waals surface area contributed by atoms with Crippen molar-refractivity contribution >= 4 is 17.6 Å². The molecular formula is C20H22O6. The summed E-state index contributed by atoms with van der Waals surface area (Å²) in [5.74, 6) is 1.61. The van der Waals surface area contributed by atoms with Gasteiger partial charge in [0.25, 0.3) is 0 Å². The molecule has 0 N–H and O–H groups in total. The molecule has 0 aromatic heterocycles. The number of rotatable bonds is 7. The number of carbonyl (C=O) groups excluding carboxylic acids is 1. The lowest BCUT2D eigenvalue weighted by molar-refractivity contribution is -0.133. The van der Waals surface area contributed by atoms with Gasteiger partial charge in [0.1, 0.15) is 5.75 Å². The second-order valence-electron chi connectivity index (χ2n) is 5.24. The molecule has 0 fully saturated rings. The van der Waals surface area contributed by atoms with Gasteiger partial charge in [-0.1, -0.05) is 12.1 Å². The van der Waals surface area contributed by atoms with Gasteiger partial charge in [-0.15, -0.1) is 0 Å². The molecule has 0 radical (unpaired) electrons. The number of benzene rings is 2. The van der Waals surface area contributed by atoms with E-state index in [-0.39, 0.29) is 0 Å². The van der Waals surface area contributed by atoms with Crippen LogP contribution in [0, 0.1) is 0 Å². The van der Waals surface area contributed by atoms with Crippen LogP contribution >= 0.6 is 0 Å². The third-order valence-electron chi connectivity index (χ3n) is 3.81. The molecule has 0 atom stereocenters. The SMILES string of the molecule is COC(=O)/C(=C/c1ccc(OC)cc1)c1cc(OC)c(OC)c(OC)c1. The average molecular weight is 358 g/mol. The van der Waals surface area contributed by atoms with Gasteiger partial charge in [0.2, 0.25) is 5.75 Å². The zero-order valence-corrected chi connectivity index (χ0v) is 15.5. The van der Waals surface area contributed by atoms with E-state index in [1.54, 1.807) is 25.3 Å². The fourth-order valence-corrected chi connectivity index (χ4v) is 2.47. The van der Waals surface area contributed by atoms with Crippen molar-refractivity contribution < 1.29 is 28.5 Å². The van der Waals surface area contributed by atoms with E-state index in [0.29, 0.717) is 28.4 Å². The number of hydrogen-bond acceptors (Lipinski definition) is 6. The summed E-state index contributed by atoms with van der Waals surface area (Å²) in [6.07, 6.45) is 1.73. The van der Waals surface area contributed by atoms with Crippen LogP contribution in [0.5, 0.6) is 23.0 Å². The van der Waals surface area contributed by atoms with Crippen LogP contribution in [-0.4, -0.2) is 41.5 Å². The maximum Gasteiger partial charge on any atom is 0.338 e. The first-order chi connectivity index (χ1) is 12.6. The predicted molar refractivity (Wildman–Crippen MR) is 99.0 cm³/mol. The molecule has 6 heteroatoms. The monoisotopic (exact) mass is 358 g/mol. The summed E-state index contributed by atoms with van der Waals surface area (Å²) in [5.41, 5.74) is 1.76. The van der Waals surface area contributed by atoms with Gasteiger partial charge in [0, 0.05) is 0 Å². The maximum atomic E-state index is 12.4. The smallest absolute Gasteiger partial charge is 0.338 e. The molecule has 0 aliphatic rings. The van der Waals surface area contributed by atoms with Crippen LogP contribution < -0.4 is 18.9 Å². The lowest BCUT2D eigenvalue weighted by Crippen LogP contribution is -2.05. The molecule has 0 heterocycles. The van der Waals surface area contributed by atoms with E-state index in [1.807, 2.05) is 24.3 Å². The lowest BCUT2D eigenvalue weighted by Gasteiger charge is -2.15. The second-order valence-corrected chi connectivity index (χ2v) is 5.24. The van der Waals surface area contributed by atoms with Gasteiger partial charge in [-0.3, -0.25) is 0 Å². The van der Waals surface area contributed by atoms with Crippen LogP contribution in [-0.2, 0) is 9.53 Å². The summed E-state index contributed by atoms with van der Waals surface area (Å²) in [4.78, 5) is 12.4. The Labute approximate surface area is 152 Å². The Kier molecular flexibility index (Phi) is 6.49. The Hall–Kier alpha value is -3.15. The van der Waals surface area contributed by atoms with Crippen LogP contribution in [0.4, 0.5) is 0 Å². The first-order valence-electron chi connectivity index (χ1n) is 7.82. The highest BCUT2D eigenvalue weighted by Gasteiger charge is 2.19. The Morgan fingerprint density at radius 3 is 1.81 bits per heavy atom. The number of methoxy groups -OCH3 is 5. The normalized spacial score (nSPS) is 10.9. The van der Waals surface area contributed by atoms with Crippen molar-refractivity contribution in [1.29, 1.82) is 0 Å². The molecular weight excluding hydrogens is 336 g/mol. The zero-order valence-electron chi connectivity index (χ0n) is 15.5. The minimum atomic E-state index is -0.477. The highest BCUT2D eigenvalue weighted by Crippen LogP contribution is 2.40. The molecule has 0 saturated carbocycles. The van der Waals surface area contributed by atoms with E-state index in [9.17, 15) is 4.79 Å². The van der Waals surface area contributed by atoms with Crippen molar-refractivity contribution in [3.8, 4) is 23.0 Å². The minimum Gasteiger partial charge on any atom is -0.497 e. The molecule has 2 aromatic rings. The van der Waals surface area contributed by atoms with Crippen molar-refractivity contribution in [1.82, 2.24) is 0 Å². The quantitative estimate of drug-likeness (QED) is 0.429. The average Bonchev–Trinajstić information content (AvgIpc) is 2.70. The highest BCUT2D eigenvalue weighted by molar-refractivity contribution is 6.21. The van der Waals surface area contributed by atoms with E-state index in [1.165, 1.54) is 28.4 Å². The Balaban J connectivity index is 2.59. The molecule has 0 unspecified atom stereocenters. The van der Waals surface area contributed by atoms with Crippen molar-refractivity contribution in [3.05, 3.63) is 47.5 Å². The van der Waals surface area contributed by atoms with Crippen molar-refractivity contribution in [2.75, 3.05) is 35.5 Å². The number of hydrogen-bond donors (Lipinski definition) is 0. The molecule has 0 saturated heterocycles. The molecule has 6 nitrogen and oxygen atoms in total. The van der Waals surface area contributed by atoms with Crippen LogP contribution in [0.2, 0.25) is 0 Å². The maximum absolute atomic E-state index is 12.4. The lowest BCUT2D eigenvalue weighted by atomic mass is 10.0. The predicted octanol–water partition coefficient (Wildman–Crippen LogP) is 3.43. The fraction of sp³-hybridized carbons (Fsp3) is 0.250. The summed E-state index contributed by atoms with van der Waals surface area (Å²) in [6, 6.07) is 10.7. The third-order valence-corrected chi connectivity index (χ3v) is 3.81. The van der Waals surface area contributed by atoms with Crippen molar-refractivity contribution in [2.24, 2.45) is 0 Å². The third kappa shape index (κ3) is 4.08. The van der Waals surface area contributed by atoms with Gasteiger partial charge in [0.05, 0.1) is 41.1 Å². The summed E-state index contributed by atoms with van der Waals surface area (Å²) in [7, 11) is 7.50. The van der Waals surface area contributed by atoms with Crippen LogP contribution in [0.15, 0.2) is 36.4 Å². The number of esters is 1. The van der Waals surface area contributed by atoms with Crippen LogP contribution in [0.25, 0.3) is 11.6 Å². The van der Waals surface area contributed by atoms with Gasteiger partial charge in [-0.25, -0.2) is 4.79 Å². The standard InChI is InChI=1S/C20H22O6/c1-22-15-8-6-13(7-9-15)10-16(20(21)26-5)14-11-17(23-2)19(25-4)18(12-14)24-3/h6-12H,1-5H3/b16-10+. The molecule has 26 heavy (non-hydrogen) atoms. The van der Waals surface area contributed by atoms with Gasteiger partial charge in [-0.05, 0) is 41.5 Å². The van der Waals surface area contributed by atoms with Gasteiger partial charge in [0.15, 0.2) is 11.5 Å². The van der Waals surface area contributed by atoms with Crippen LogP contribution in [0.3, 0.4) is 0 Å². The Morgan fingerprint density at radius 2 is 1.38 bits per heavy atom. The first kappa shape index (κ1) is 19.2. The second kappa shape index (κ2) is 8.80. The summed E-state index contributed by atoms with van der Waals surface area (Å²) < 4.78 is 26.1. The molecule has 2 rings (SSSR count). The van der Waals surface area contributed by atoms with E-state index < -0.39 is 5.97 Å². The van der Waals surface area contributed by atoms with Crippen molar-refractivity contribution in [3.63, 3.8) is 0 Å². The summed E-state index contributed by atoms with van der Waals surface area (Å²) in [5, 5.41) is 0. The zero-order chi connectivity index (χ0) is 19.1. The molecule has 138 valence electrons. The molecule has 0 aliphatic carbocycles. The number of carbonyl (C=O) groups is 1. The molecule has 0 bridgehead atoms. The van der Waals surface area contributed by atoms with E-state index in [0.717, 1.165) is 11.3 Å². The van der Waals surface area contributed by atoms with E-state index in [4.69, 9.17) is 23.7 Å². The van der Waals surface area contributed by atoms with E-state index in [2.05, 4.69) is 0 Å². The highest BCUT2D eigenvalue weighted by atomic mass is 16.5. The fourth-order valence-electron chi connectivity index (χ4n) is 2.47.